The molecule has 0 aliphatic carbocycles. The van der Waals surface area contributed by atoms with Crippen molar-refractivity contribution in [1.82, 2.24) is 5.32 Å². The average Bonchev–Trinajstić information content (AvgIpc) is 2.74. The SMILES string of the molecule is O=C(O)c1ccc(NC(=S)N/C(=N/S(=O)(=O)c2ccc(Cl)cc2)c2ccccc2)cc1. The third kappa shape index (κ3) is 6.11. The van der Waals surface area contributed by atoms with E-state index in [0.717, 1.165) is 0 Å². The lowest BCUT2D eigenvalue weighted by Gasteiger charge is -2.13. The van der Waals surface area contributed by atoms with Crippen LogP contribution in [0.1, 0.15) is 15.9 Å². The van der Waals surface area contributed by atoms with Gasteiger partial charge in [-0.15, -0.1) is 4.40 Å². The van der Waals surface area contributed by atoms with Gasteiger partial charge in [-0.05, 0) is 60.7 Å². The molecule has 0 amide bonds. The summed E-state index contributed by atoms with van der Waals surface area (Å²) >= 11 is 11.1. The summed E-state index contributed by atoms with van der Waals surface area (Å²) < 4.78 is 29.5. The van der Waals surface area contributed by atoms with Crippen LogP contribution in [-0.2, 0) is 10.0 Å². The van der Waals surface area contributed by atoms with Gasteiger partial charge in [0, 0.05) is 16.3 Å². The number of rotatable bonds is 5. The Hall–Kier alpha value is -3.27. The van der Waals surface area contributed by atoms with E-state index in [9.17, 15) is 13.2 Å². The number of sulfonamides is 1. The van der Waals surface area contributed by atoms with Gasteiger partial charge in [-0.3, -0.25) is 0 Å². The van der Waals surface area contributed by atoms with Gasteiger partial charge in [0.15, 0.2) is 10.9 Å². The minimum absolute atomic E-state index is 0.0183. The Bertz CT molecular complexity index is 1230. The van der Waals surface area contributed by atoms with Crippen molar-refractivity contribution >= 4 is 56.4 Å². The first-order chi connectivity index (χ1) is 14.7. The summed E-state index contributed by atoms with van der Waals surface area (Å²) in [4.78, 5) is 10.9. The van der Waals surface area contributed by atoms with Gasteiger partial charge in [-0.25, -0.2) is 4.79 Å². The molecule has 31 heavy (non-hydrogen) atoms. The molecule has 0 radical (unpaired) electrons. The van der Waals surface area contributed by atoms with Gasteiger partial charge in [-0.2, -0.15) is 8.42 Å². The number of nitrogens with one attached hydrogen (secondary N) is 2. The summed E-state index contributed by atoms with van der Waals surface area (Å²) in [5.41, 5.74) is 1.16. The van der Waals surface area contributed by atoms with Crippen LogP contribution in [0.3, 0.4) is 0 Å². The van der Waals surface area contributed by atoms with Crippen LogP contribution in [0.5, 0.6) is 0 Å². The third-order valence-electron chi connectivity index (χ3n) is 3.99. The summed E-state index contributed by atoms with van der Waals surface area (Å²) in [5.74, 6) is -1.02. The molecule has 0 aliphatic rings. The second-order valence-corrected chi connectivity index (χ2v) is 8.65. The zero-order chi connectivity index (χ0) is 22.4. The molecular weight excluding hydrogens is 458 g/mol. The first-order valence-corrected chi connectivity index (χ1v) is 11.0. The lowest BCUT2D eigenvalue weighted by molar-refractivity contribution is 0.0697. The topological polar surface area (TPSA) is 108 Å². The largest absolute Gasteiger partial charge is 0.478 e. The van der Waals surface area contributed by atoms with Crippen LogP contribution in [0.25, 0.3) is 0 Å². The Morgan fingerprint density at radius 3 is 2.10 bits per heavy atom. The third-order valence-corrected chi connectivity index (χ3v) is 5.74. The molecular formula is C21H16ClN3O4S2. The summed E-state index contributed by atoms with van der Waals surface area (Å²) in [6, 6.07) is 20.2. The summed E-state index contributed by atoms with van der Waals surface area (Å²) in [6.45, 7) is 0. The zero-order valence-electron chi connectivity index (χ0n) is 15.8. The van der Waals surface area contributed by atoms with Crippen LogP contribution in [-0.4, -0.2) is 30.4 Å². The number of benzene rings is 3. The predicted octanol–water partition coefficient (Wildman–Crippen LogP) is 4.16. The number of carboxylic acid groups (broad SMARTS) is 1. The number of anilines is 1. The highest BCUT2D eigenvalue weighted by molar-refractivity contribution is 7.90. The Kier molecular flexibility index (Phi) is 7.01. The van der Waals surface area contributed by atoms with Crippen molar-refractivity contribution in [3.63, 3.8) is 0 Å². The number of amidine groups is 1. The van der Waals surface area contributed by atoms with Crippen molar-refractivity contribution in [2.24, 2.45) is 4.40 Å². The highest BCUT2D eigenvalue weighted by Gasteiger charge is 2.16. The molecule has 7 nitrogen and oxygen atoms in total. The molecule has 158 valence electrons. The first kappa shape index (κ1) is 22.4. The van der Waals surface area contributed by atoms with E-state index in [1.807, 2.05) is 0 Å². The van der Waals surface area contributed by atoms with Crippen molar-refractivity contribution < 1.29 is 18.3 Å². The molecule has 0 saturated heterocycles. The van der Waals surface area contributed by atoms with Crippen molar-refractivity contribution in [3.05, 3.63) is 95.0 Å². The van der Waals surface area contributed by atoms with E-state index >= 15 is 0 Å². The maximum absolute atomic E-state index is 12.8. The number of aromatic carboxylic acids is 1. The molecule has 3 rings (SSSR count). The van der Waals surface area contributed by atoms with Crippen molar-refractivity contribution in [3.8, 4) is 0 Å². The number of hydrogen-bond donors (Lipinski definition) is 3. The van der Waals surface area contributed by atoms with Gasteiger partial charge in [0.2, 0.25) is 0 Å². The predicted molar refractivity (Wildman–Crippen MR) is 124 cm³/mol. The fourth-order valence-corrected chi connectivity index (χ4v) is 3.81. The number of carboxylic acids is 1. The van der Waals surface area contributed by atoms with Crippen LogP contribution >= 0.6 is 23.8 Å². The Morgan fingerprint density at radius 1 is 0.903 bits per heavy atom. The maximum atomic E-state index is 12.8. The van der Waals surface area contributed by atoms with Crippen molar-refractivity contribution in [2.75, 3.05) is 5.32 Å². The van der Waals surface area contributed by atoms with E-state index in [0.29, 0.717) is 16.3 Å². The van der Waals surface area contributed by atoms with Gasteiger partial charge in [0.25, 0.3) is 10.0 Å². The van der Waals surface area contributed by atoms with Crippen molar-refractivity contribution in [2.45, 2.75) is 4.90 Å². The molecule has 0 aliphatic heterocycles. The van der Waals surface area contributed by atoms with Gasteiger partial charge >= 0.3 is 5.97 Å². The number of halogens is 1. The molecule has 0 aromatic heterocycles. The van der Waals surface area contributed by atoms with Crippen molar-refractivity contribution in [1.29, 1.82) is 0 Å². The van der Waals surface area contributed by atoms with Gasteiger partial charge < -0.3 is 15.7 Å². The molecule has 3 aromatic rings. The molecule has 0 heterocycles. The summed E-state index contributed by atoms with van der Waals surface area (Å²) in [7, 11) is -4.04. The molecule has 0 bridgehead atoms. The molecule has 3 N–H and O–H groups in total. The Morgan fingerprint density at radius 2 is 1.52 bits per heavy atom. The fourth-order valence-electron chi connectivity index (χ4n) is 2.49. The smallest absolute Gasteiger partial charge is 0.335 e. The number of hydrogen-bond acceptors (Lipinski definition) is 4. The van der Waals surface area contributed by atoms with Gasteiger partial charge in [0.1, 0.15) is 0 Å². The second kappa shape index (κ2) is 9.69. The highest BCUT2D eigenvalue weighted by atomic mass is 35.5. The van der Waals surface area contributed by atoms with Crippen LogP contribution < -0.4 is 10.6 Å². The van der Waals surface area contributed by atoms with Crippen LogP contribution in [0, 0.1) is 0 Å². The van der Waals surface area contributed by atoms with E-state index in [-0.39, 0.29) is 21.4 Å². The minimum Gasteiger partial charge on any atom is -0.478 e. The van der Waals surface area contributed by atoms with Crippen LogP contribution in [0.15, 0.2) is 88.2 Å². The first-order valence-electron chi connectivity index (χ1n) is 8.82. The number of thiocarbonyl (C=S) groups is 1. The average molecular weight is 474 g/mol. The summed E-state index contributed by atoms with van der Waals surface area (Å²) in [6.07, 6.45) is 0. The lowest BCUT2D eigenvalue weighted by atomic mass is 10.2. The zero-order valence-corrected chi connectivity index (χ0v) is 18.2. The van der Waals surface area contributed by atoms with E-state index in [1.165, 1.54) is 36.4 Å². The molecule has 0 atom stereocenters. The van der Waals surface area contributed by atoms with Gasteiger partial charge in [-0.1, -0.05) is 41.9 Å². The monoisotopic (exact) mass is 473 g/mol. The molecule has 0 saturated carbocycles. The molecule has 0 spiro atoms. The van der Waals surface area contributed by atoms with E-state index in [4.69, 9.17) is 28.9 Å². The standard InChI is InChI=1S/C21H16ClN3O4S2/c22-16-8-12-18(13-9-16)31(28,29)25-19(14-4-2-1-3-5-14)24-21(30)23-17-10-6-15(7-11-17)20(26)27/h1-13H,(H,26,27)(H2,23,24,25,30). The maximum Gasteiger partial charge on any atom is 0.335 e. The Balaban J connectivity index is 1.87. The fraction of sp³-hybridized carbons (Fsp3) is 0. The number of nitrogens with zero attached hydrogens (tertiary/aromatic N) is 1. The molecule has 3 aromatic carbocycles. The number of carbonyl (C=O) groups is 1. The van der Waals surface area contributed by atoms with E-state index in [2.05, 4.69) is 15.0 Å². The minimum atomic E-state index is -4.04. The van der Waals surface area contributed by atoms with E-state index < -0.39 is 16.0 Å². The molecule has 0 unspecified atom stereocenters. The van der Waals surface area contributed by atoms with E-state index in [1.54, 1.807) is 42.5 Å². The second-order valence-electron chi connectivity index (χ2n) is 6.20. The van der Waals surface area contributed by atoms with Crippen LogP contribution in [0.2, 0.25) is 5.02 Å². The summed E-state index contributed by atoms with van der Waals surface area (Å²) in [5, 5.41) is 15.1. The normalized spacial score (nSPS) is 11.6. The Labute approximate surface area is 189 Å². The van der Waals surface area contributed by atoms with Crippen LogP contribution in [0.4, 0.5) is 5.69 Å². The lowest BCUT2D eigenvalue weighted by Crippen LogP contribution is -2.35. The highest BCUT2D eigenvalue weighted by Crippen LogP contribution is 2.17. The molecule has 10 heteroatoms. The van der Waals surface area contributed by atoms with Gasteiger partial charge in [0.05, 0.1) is 10.5 Å². The molecule has 0 fully saturated rings. The quantitative estimate of drug-likeness (QED) is 0.290.